The van der Waals surface area contributed by atoms with Gasteiger partial charge in [0.15, 0.2) is 0 Å². The quantitative estimate of drug-likeness (QED) is 0.393. The van der Waals surface area contributed by atoms with Crippen LogP contribution in [0, 0.1) is 0 Å². The lowest BCUT2D eigenvalue weighted by Gasteiger charge is -2.13. The van der Waals surface area contributed by atoms with E-state index in [9.17, 15) is 0 Å². The third-order valence-electron chi connectivity index (χ3n) is 4.32. The van der Waals surface area contributed by atoms with Gasteiger partial charge in [-0.05, 0) is 42.5 Å². The zero-order chi connectivity index (χ0) is 18.8. The number of aromatic nitrogens is 2. The van der Waals surface area contributed by atoms with Gasteiger partial charge in [-0.15, -0.1) is 0 Å². The molecule has 0 aliphatic heterocycles. The molecule has 0 fully saturated rings. The Hall–Kier alpha value is -2.75. The second-order valence-corrected chi connectivity index (χ2v) is 6.88. The molecule has 0 bridgehead atoms. The lowest BCUT2D eigenvalue weighted by atomic mass is 10.0. The first-order chi connectivity index (χ1) is 13.2. The lowest BCUT2D eigenvalue weighted by Crippen LogP contribution is -1.99. The lowest BCUT2D eigenvalue weighted by molar-refractivity contribution is 0.416. The van der Waals surface area contributed by atoms with Crippen LogP contribution >= 0.6 is 23.2 Å². The first-order valence-corrected chi connectivity index (χ1v) is 9.16. The van der Waals surface area contributed by atoms with Crippen LogP contribution in [0.4, 0.5) is 0 Å². The molecule has 0 amide bonds. The minimum absolute atomic E-state index is 0.635. The standard InChI is InChI=1S/C22H16Cl2N2O/c1-27-21-11-10-17(24)13-19(21)20-14-25-26(18-8-3-2-4-9-18)22(20)15-6-5-7-16(23)12-15/h2-14H,1H3. The van der Waals surface area contributed by atoms with Gasteiger partial charge >= 0.3 is 0 Å². The molecular weight excluding hydrogens is 379 g/mol. The number of ether oxygens (including phenoxy) is 1. The summed E-state index contributed by atoms with van der Waals surface area (Å²) in [6.45, 7) is 0. The van der Waals surface area contributed by atoms with E-state index in [1.54, 1.807) is 7.11 Å². The average Bonchev–Trinajstić information content (AvgIpc) is 3.13. The van der Waals surface area contributed by atoms with Crippen molar-refractivity contribution in [1.29, 1.82) is 0 Å². The van der Waals surface area contributed by atoms with Crippen molar-refractivity contribution in [2.45, 2.75) is 0 Å². The van der Waals surface area contributed by atoms with Crippen molar-refractivity contribution in [2.24, 2.45) is 0 Å². The highest BCUT2D eigenvalue weighted by atomic mass is 35.5. The van der Waals surface area contributed by atoms with E-state index in [1.807, 2.05) is 83.7 Å². The van der Waals surface area contributed by atoms with E-state index in [4.69, 9.17) is 27.9 Å². The Morgan fingerprint density at radius 3 is 2.33 bits per heavy atom. The molecule has 4 rings (SSSR count). The Morgan fingerprint density at radius 1 is 0.815 bits per heavy atom. The summed E-state index contributed by atoms with van der Waals surface area (Å²) in [5.74, 6) is 0.732. The second kappa shape index (κ2) is 7.47. The fraction of sp³-hybridized carbons (Fsp3) is 0.0455. The number of nitrogens with zero attached hydrogens (tertiary/aromatic N) is 2. The molecule has 0 aliphatic carbocycles. The van der Waals surface area contributed by atoms with Crippen molar-refractivity contribution in [1.82, 2.24) is 9.78 Å². The summed E-state index contributed by atoms with van der Waals surface area (Å²) in [6, 6.07) is 23.3. The Kier molecular flexibility index (Phi) is 4.88. The van der Waals surface area contributed by atoms with Gasteiger partial charge in [0.05, 0.1) is 24.7 Å². The van der Waals surface area contributed by atoms with Crippen LogP contribution in [0.3, 0.4) is 0 Å². The minimum atomic E-state index is 0.635. The maximum atomic E-state index is 6.27. The van der Waals surface area contributed by atoms with Crippen LogP contribution in [0.25, 0.3) is 28.1 Å². The van der Waals surface area contributed by atoms with Crippen LogP contribution in [0.5, 0.6) is 5.75 Å². The summed E-state index contributed by atoms with van der Waals surface area (Å²) in [6.07, 6.45) is 1.83. The highest BCUT2D eigenvalue weighted by Crippen LogP contribution is 2.40. The molecule has 0 radical (unpaired) electrons. The molecule has 0 unspecified atom stereocenters. The van der Waals surface area contributed by atoms with Gasteiger partial charge in [0, 0.05) is 26.7 Å². The Morgan fingerprint density at radius 2 is 1.59 bits per heavy atom. The van der Waals surface area contributed by atoms with E-state index in [-0.39, 0.29) is 0 Å². The van der Waals surface area contributed by atoms with Crippen LogP contribution in [-0.4, -0.2) is 16.9 Å². The number of para-hydroxylation sites is 1. The highest BCUT2D eigenvalue weighted by molar-refractivity contribution is 6.31. The topological polar surface area (TPSA) is 27.1 Å². The largest absolute Gasteiger partial charge is 0.496 e. The van der Waals surface area contributed by atoms with Crippen molar-refractivity contribution in [3.63, 3.8) is 0 Å². The molecule has 134 valence electrons. The minimum Gasteiger partial charge on any atom is -0.496 e. The number of hydrogen-bond acceptors (Lipinski definition) is 2. The van der Waals surface area contributed by atoms with Gasteiger partial charge < -0.3 is 4.74 Å². The maximum Gasteiger partial charge on any atom is 0.126 e. The first-order valence-electron chi connectivity index (χ1n) is 8.40. The van der Waals surface area contributed by atoms with Gasteiger partial charge in [-0.2, -0.15) is 5.10 Å². The third kappa shape index (κ3) is 3.44. The summed E-state index contributed by atoms with van der Waals surface area (Å²) in [7, 11) is 1.65. The van der Waals surface area contributed by atoms with Crippen molar-refractivity contribution in [2.75, 3.05) is 7.11 Å². The number of rotatable bonds is 4. The molecule has 1 heterocycles. The summed E-state index contributed by atoms with van der Waals surface area (Å²) in [5, 5.41) is 5.95. The Bertz CT molecular complexity index is 1090. The molecule has 0 aliphatic rings. The molecule has 3 aromatic carbocycles. The number of halogens is 2. The van der Waals surface area contributed by atoms with Crippen LogP contribution in [-0.2, 0) is 0 Å². The van der Waals surface area contributed by atoms with Gasteiger partial charge in [0.2, 0.25) is 0 Å². The van der Waals surface area contributed by atoms with Crippen molar-refractivity contribution in [3.05, 3.63) is 89.0 Å². The predicted octanol–water partition coefficient (Wildman–Crippen LogP) is 6.52. The Labute approximate surface area is 167 Å². The van der Waals surface area contributed by atoms with E-state index in [0.29, 0.717) is 10.0 Å². The SMILES string of the molecule is COc1ccc(Cl)cc1-c1cnn(-c2ccccc2)c1-c1cccc(Cl)c1. The molecule has 0 spiro atoms. The number of benzene rings is 3. The molecule has 0 atom stereocenters. The highest BCUT2D eigenvalue weighted by Gasteiger charge is 2.19. The zero-order valence-corrected chi connectivity index (χ0v) is 16.1. The van der Waals surface area contributed by atoms with E-state index in [0.717, 1.165) is 33.8 Å². The van der Waals surface area contributed by atoms with Gasteiger partial charge in [0.1, 0.15) is 5.75 Å². The molecule has 0 N–H and O–H groups in total. The van der Waals surface area contributed by atoms with Crippen molar-refractivity contribution < 1.29 is 4.74 Å². The summed E-state index contributed by atoms with van der Waals surface area (Å²) >= 11 is 12.5. The zero-order valence-electron chi connectivity index (χ0n) is 14.6. The fourth-order valence-corrected chi connectivity index (χ4v) is 3.48. The summed E-state index contributed by atoms with van der Waals surface area (Å²) in [4.78, 5) is 0. The molecular formula is C22H16Cl2N2O. The Balaban J connectivity index is 2.02. The third-order valence-corrected chi connectivity index (χ3v) is 4.79. The van der Waals surface area contributed by atoms with Crippen molar-refractivity contribution >= 4 is 23.2 Å². The van der Waals surface area contributed by atoms with Gasteiger partial charge in [-0.1, -0.05) is 53.5 Å². The van der Waals surface area contributed by atoms with Crippen LogP contribution in [0.1, 0.15) is 0 Å². The average molecular weight is 395 g/mol. The van der Waals surface area contributed by atoms with Crippen LogP contribution in [0.2, 0.25) is 10.0 Å². The van der Waals surface area contributed by atoms with Crippen LogP contribution < -0.4 is 4.74 Å². The molecule has 1 aromatic heterocycles. The normalized spacial score (nSPS) is 10.8. The molecule has 5 heteroatoms. The van der Waals surface area contributed by atoms with Gasteiger partial charge in [-0.3, -0.25) is 0 Å². The number of hydrogen-bond donors (Lipinski definition) is 0. The summed E-state index contributed by atoms with van der Waals surface area (Å²) in [5.41, 5.74) is 4.63. The van der Waals surface area contributed by atoms with E-state index in [2.05, 4.69) is 5.10 Å². The summed E-state index contributed by atoms with van der Waals surface area (Å²) < 4.78 is 7.47. The van der Waals surface area contributed by atoms with Crippen molar-refractivity contribution in [3.8, 4) is 33.8 Å². The molecule has 4 aromatic rings. The predicted molar refractivity (Wildman–Crippen MR) is 111 cm³/mol. The molecule has 0 saturated heterocycles. The van der Waals surface area contributed by atoms with E-state index in [1.165, 1.54) is 0 Å². The van der Waals surface area contributed by atoms with Gasteiger partial charge in [-0.25, -0.2) is 4.68 Å². The fourth-order valence-electron chi connectivity index (χ4n) is 3.11. The van der Waals surface area contributed by atoms with E-state index < -0.39 is 0 Å². The second-order valence-electron chi connectivity index (χ2n) is 6.01. The molecule has 3 nitrogen and oxygen atoms in total. The van der Waals surface area contributed by atoms with Crippen LogP contribution in [0.15, 0.2) is 79.0 Å². The van der Waals surface area contributed by atoms with Gasteiger partial charge in [0.25, 0.3) is 0 Å². The maximum absolute atomic E-state index is 6.27. The first kappa shape index (κ1) is 17.7. The smallest absolute Gasteiger partial charge is 0.126 e. The molecule has 0 saturated carbocycles. The molecule has 27 heavy (non-hydrogen) atoms. The monoisotopic (exact) mass is 394 g/mol. The number of methoxy groups -OCH3 is 1. The van der Waals surface area contributed by atoms with E-state index >= 15 is 0 Å².